The van der Waals surface area contributed by atoms with Gasteiger partial charge in [-0.15, -0.1) is 13.2 Å². The largest absolute Gasteiger partial charge is 0.604 e. The third-order valence-corrected chi connectivity index (χ3v) is 2.40. The number of rotatable bonds is 1. The van der Waals surface area contributed by atoms with Gasteiger partial charge in [-0.25, -0.2) is 0 Å². The molecule has 1 atom stereocenters. The van der Waals surface area contributed by atoms with Crippen molar-refractivity contribution in [2.45, 2.75) is 17.3 Å². The van der Waals surface area contributed by atoms with Crippen molar-refractivity contribution in [1.82, 2.24) is 4.98 Å². The van der Waals surface area contributed by atoms with Gasteiger partial charge in [-0.1, -0.05) is 0 Å². The number of alkyl halides is 3. The molecule has 0 aliphatic carbocycles. The van der Waals surface area contributed by atoms with E-state index in [1.807, 2.05) is 0 Å². The summed E-state index contributed by atoms with van der Waals surface area (Å²) >= 11 is -2.97. The first kappa shape index (κ1) is 10.3. The fraction of sp³-hybridized carbons (Fsp3) is 0.286. The van der Waals surface area contributed by atoms with Gasteiger partial charge in [0.25, 0.3) is 0 Å². The number of nitrogens with zero attached hydrogens (tertiary/aromatic N) is 1. The Hall–Kier alpha value is -0.750. The second kappa shape index (κ2) is 3.55. The average molecular weight is 209 g/mol. The van der Waals surface area contributed by atoms with Crippen LogP contribution in [0.25, 0.3) is 0 Å². The third-order valence-electron chi connectivity index (χ3n) is 1.31. The minimum Gasteiger partial charge on any atom is -0.604 e. The van der Waals surface area contributed by atoms with Crippen LogP contribution in [0.15, 0.2) is 23.2 Å². The van der Waals surface area contributed by atoms with Crippen LogP contribution in [0.4, 0.5) is 13.2 Å². The van der Waals surface area contributed by atoms with Crippen LogP contribution in [0.3, 0.4) is 0 Å². The Bertz CT molecular complexity index is 285. The predicted molar refractivity (Wildman–Crippen MR) is 41.4 cm³/mol. The van der Waals surface area contributed by atoms with E-state index in [0.717, 1.165) is 12.3 Å². The lowest BCUT2D eigenvalue weighted by Gasteiger charge is -2.11. The van der Waals surface area contributed by atoms with Gasteiger partial charge in [0, 0.05) is 5.69 Å². The van der Waals surface area contributed by atoms with Gasteiger partial charge in [0.05, 0.1) is 6.20 Å². The van der Waals surface area contributed by atoms with Crippen molar-refractivity contribution in [3.63, 3.8) is 0 Å². The molecule has 0 saturated heterocycles. The predicted octanol–water partition coefficient (Wildman–Crippen LogP) is 2.02. The van der Waals surface area contributed by atoms with E-state index in [-0.39, 0.29) is 4.90 Å². The number of aromatic nitrogens is 1. The zero-order valence-corrected chi connectivity index (χ0v) is 7.45. The van der Waals surface area contributed by atoms with Gasteiger partial charge in [0.15, 0.2) is 4.90 Å². The Morgan fingerprint density at radius 3 is 2.38 bits per heavy atom. The Labute approximate surface area is 76.0 Å². The standard InChI is InChI=1S/C7H6F3NOS/c1-5-2-3-6(4-11-5)13(12)7(8,9)10/h2-4H,1H3. The maximum Gasteiger partial charge on any atom is 0.578 e. The second-order valence-electron chi connectivity index (χ2n) is 2.35. The van der Waals surface area contributed by atoms with Crippen molar-refractivity contribution >= 4 is 11.2 Å². The zero-order valence-electron chi connectivity index (χ0n) is 6.63. The molecule has 1 aromatic rings. The highest BCUT2D eigenvalue weighted by Crippen LogP contribution is 2.29. The van der Waals surface area contributed by atoms with Crippen LogP contribution in [-0.4, -0.2) is 15.0 Å². The lowest BCUT2D eigenvalue weighted by molar-refractivity contribution is -0.0435. The number of pyridine rings is 1. The van der Waals surface area contributed by atoms with Crippen molar-refractivity contribution in [3.05, 3.63) is 24.0 Å². The molecule has 0 N–H and O–H groups in total. The summed E-state index contributed by atoms with van der Waals surface area (Å²) in [6.07, 6.45) is 0.971. The van der Waals surface area contributed by atoms with Crippen LogP contribution in [0.2, 0.25) is 0 Å². The molecule has 0 aliphatic rings. The van der Waals surface area contributed by atoms with Crippen molar-refractivity contribution in [1.29, 1.82) is 0 Å². The van der Waals surface area contributed by atoms with E-state index in [9.17, 15) is 17.7 Å². The summed E-state index contributed by atoms with van der Waals surface area (Å²) in [5, 5.41) is 0. The SMILES string of the molecule is Cc1ccc([S+]([O-])C(F)(F)F)cn1. The maximum atomic E-state index is 11.9. The van der Waals surface area contributed by atoms with Crippen molar-refractivity contribution in [2.24, 2.45) is 0 Å². The molecule has 0 spiro atoms. The highest BCUT2D eigenvalue weighted by atomic mass is 32.2. The quantitative estimate of drug-likeness (QED) is 0.663. The molecule has 1 unspecified atom stereocenters. The molecule has 13 heavy (non-hydrogen) atoms. The first-order valence-electron chi connectivity index (χ1n) is 3.32. The molecule has 0 bridgehead atoms. The summed E-state index contributed by atoms with van der Waals surface area (Å²) in [7, 11) is 0. The third kappa shape index (κ3) is 2.60. The van der Waals surface area contributed by atoms with E-state index in [1.165, 1.54) is 6.07 Å². The van der Waals surface area contributed by atoms with Gasteiger partial charge in [-0.05, 0) is 19.1 Å². The van der Waals surface area contributed by atoms with Gasteiger partial charge < -0.3 is 4.55 Å². The van der Waals surface area contributed by atoms with Crippen LogP contribution < -0.4 is 0 Å². The highest BCUT2D eigenvalue weighted by Gasteiger charge is 2.46. The molecular weight excluding hydrogens is 203 g/mol. The Kier molecular flexibility index (Phi) is 2.82. The molecule has 0 amide bonds. The number of hydrogen-bond acceptors (Lipinski definition) is 2. The summed E-state index contributed by atoms with van der Waals surface area (Å²) in [5.41, 5.74) is -4.13. The summed E-state index contributed by atoms with van der Waals surface area (Å²) in [6, 6.07) is 2.55. The fourth-order valence-corrected chi connectivity index (χ4v) is 1.30. The molecule has 72 valence electrons. The molecular formula is C7H6F3NOS. The van der Waals surface area contributed by atoms with E-state index in [1.54, 1.807) is 6.92 Å². The molecule has 0 aliphatic heterocycles. The lowest BCUT2D eigenvalue weighted by Crippen LogP contribution is -2.23. The number of hydrogen-bond donors (Lipinski definition) is 0. The average Bonchev–Trinajstić information content (AvgIpc) is 2.03. The van der Waals surface area contributed by atoms with Gasteiger partial charge >= 0.3 is 5.51 Å². The summed E-state index contributed by atoms with van der Waals surface area (Å²) < 4.78 is 46.4. The van der Waals surface area contributed by atoms with E-state index in [2.05, 4.69) is 4.98 Å². The van der Waals surface area contributed by atoms with Gasteiger partial charge in [0.1, 0.15) is 11.2 Å². The Morgan fingerprint density at radius 1 is 1.38 bits per heavy atom. The summed E-state index contributed by atoms with van der Waals surface area (Å²) in [5.74, 6) is 0. The molecule has 1 aromatic heterocycles. The van der Waals surface area contributed by atoms with Crippen LogP contribution in [0.5, 0.6) is 0 Å². The Balaban J connectivity index is 2.90. The minimum absolute atomic E-state index is 0.321. The second-order valence-corrected chi connectivity index (χ2v) is 3.82. The number of aryl methyl sites for hydroxylation is 1. The molecule has 0 saturated carbocycles. The van der Waals surface area contributed by atoms with Crippen molar-refractivity contribution < 1.29 is 17.7 Å². The molecule has 2 nitrogen and oxygen atoms in total. The Morgan fingerprint density at radius 2 is 2.00 bits per heavy atom. The fourth-order valence-electron chi connectivity index (χ4n) is 0.698. The van der Waals surface area contributed by atoms with E-state index in [0.29, 0.717) is 5.69 Å². The molecule has 1 heterocycles. The topological polar surface area (TPSA) is 36.0 Å². The smallest absolute Gasteiger partial charge is 0.578 e. The van der Waals surface area contributed by atoms with E-state index in [4.69, 9.17) is 0 Å². The van der Waals surface area contributed by atoms with Crippen LogP contribution in [0, 0.1) is 6.92 Å². The monoisotopic (exact) mass is 209 g/mol. The summed E-state index contributed by atoms with van der Waals surface area (Å²) in [6.45, 7) is 1.64. The van der Waals surface area contributed by atoms with Crippen LogP contribution >= 0.6 is 0 Å². The van der Waals surface area contributed by atoms with Crippen LogP contribution in [-0.2, 0) is 11.2 Å². The van der Waals surface area contributed by atoms with Crippen molar-refractivity contribution in [2.75, 3.05) is 0 Å². The lowest BCUT2D eigenvalue weighted by atomic mass is 10.4. The molecule has 1 rings (SSSR count). The van der Waals surface area contributed by atoms with Crippen LogP contribution in [0.1, 0.15) is 5.69 Å². The van der Waals surface area contributed by atoms with E-state index < -0.39 is 16.7 Å². The molecule has 0 fully saturated rings. The summed E-state index contributed by atoms with van der Waals surface area (Å²) in [4.78, 5) is 3.30. The molecule has 0 radical (unpaired) electrons. The first-order chi connectivity index (χ1) is 5.91. The molecule has 6 heteroatoms. The normalized spacial score (nSPS) is 14.2. The maximum absolute atomic E-state index is 11.9. The first-order valence-corrected chi connectivity index (χ1v) is 4.47. The van der Waals surface area contributed by atoms with E-state index >= 15 is 0 Å². The van der Waals surface area contributed by atoms with Crippen molar-refractivity contribution in [3.8, 4) is 0 Å². The van der Waals surface area contributed by atoms with Gasteiger partial charge in [0.2, 0.25) is 0 Å². The van der Waals surface area contributed by atoms with Gasteiger partial charge in [-0.3, -0.25) is 4.98 Å². The number of halogens is 3. The zero-order chi connectivity index (χ0) is 10.1. The highest BCUT2D eigenvalue weighted by molar-refractivity contribution is 7.92. The molecule has 0 aromatic carbocycles. The minimum atomic E-state index is -4.71. The van der Waals surface area contributed by atoms with Gasteiger partial charge in [-0.2, -0.15) is 0 Å².